The van der Waals surface area contributed by atoms with Gasteiger partial charge < -0.3 is 10.1 Å². The van der Waals surface area contributed by atoms with E-state index in [-0.39, 0.29) is 11.9 Å². The highest BCUT2D eigenvalue weighted by atomic mass is 35.5. The molecule has 9 heteroatoms. The average Bonchev–Trinajstić information content (AvgIpc) is 2.55. The highest BCUT2D eigenvalue weighted by Gasteiger charge is 2.30. The largest absolute Gasteiger partial charge is 0.496 e. The first-order chi connectivity index (χ1) is 11.3. The highest BCUT2D eigenvalue weighted by Crippen LogP contribution is 2.23. The van der Waals surface area contributed by atoms with Crippen molar-refractivity contribution < 1.29 is 17.9 Å². The Morgan fingerprint density at radius 3 is 2.50 bits per heavy atom. The molecule has 1 aliphatic rings. The minimum Gasteiger partial charge on any atom is -0.496 e. The van der Waals surface area contributed by atoms with E-state index in [2.05, 4.69) is 5.32 Å². The van der Waals surface area contributed by atoms with E-state index in [0.29, 0.717) is 42.3 Å². The molecule has 134 valence electrons. The maximum Gasteiger partial charge on any atom is 0.281 e. The van der Waals surface area contributed by atoms with Crippen molar-refractivity contribution >= 4 is 27.7 Å². The Morgan fingerprint density at radius 2 is 1.96 bits per heavy atom. The number of methoxy groups -OCH3 is 1. The van der Waals surface area contributed by atoms with Crippen molar-refractivity contribution in [3.63, 3.8) is 0 Å². The summed E-state index contributed by atoms with van der Waals surface area (Å²) in [5, 5.41) is 3.38. The van der Waals surface area contributed by atoms with Gasteiger partial charge in [-0.2, -0.15) is 17.0 Å². The number of piperidine rings is 1. The Kier molecular flexibility index (Phi) is 6.08. The van der Waals surface area contributed by atoms with Crippen LogP contribution in [0.3, 0.4) is 0 Å². The van der Waals surface area contributed by atoms with Crippen LogP contribution in [0.1, 0.15) is 23.2 Å². The molecule has 0 unspecified atom stereocenters. The Bertz CT molecular complexity index is 701. The SMILES string of the molecule is COc1ccc(Cl)cc1C(=O)NC1CCN(S(=O)(=O)N(C)C)CC1. The van der Waals surface area contributed by atoms with Crippen LogP contribution >= 0.6 is 11.6 Å². The van der Waals surface area contributed by atoms with Gasteiger partial charge in [-0.1, -0.05) is 11.6 Å². The molecule has 1 N–H and O–H groups in total. The van der Waals surface area contributed by atoms with Gasteiger partial charge >= 0.3 is 0 Å². The van der Waals surface area contributed by atoms with Crippen LogP contribution in [-0.2, 0) is 10.2 Å². The molecular weight excluding hydrogens is 354 g/mol. The third-order valence-corrected chi connectivity index (χ3v) is 6.16. The molecule has 2 rings (SSSR count). The van der Waals surface area contributed by atoms with E-state index in [9.17, 15) is 13.2 Å². The lowest BCUT2D eigenvalue weighted by atomic mass is 10.1. The molecule has 0 saturated carbocycles. The van der Waals surface area contributed by atoms with Crippen LogP contribution in [-0.4, -0.2) is 63.3 Å². The molecular formula is C15H22ClN3O4S. The molecule has 1 saturated heterocycles. The van der Waals surface area contributed by atoms with Crippen LogP contribution < -0.4 is 10.1 Å². The van der Waals surface area contributed by atoms with Gasteiger partial charge in [-0.15, -0.1) is 0 Å². The average molecular weight is 376 g/mol. The number of nitrogens with zero attached hydrogens (tertiary/aromatic N) is 2. The summed E-state index contributed by atoms with van der Waals surface area (Å²) in [6.45, 7) is 0.746. The minimum absolute atomic E-state index is 0.0881. The van der Waals surface area contributed by atoms with Crippen LogP contribution in [0, 0.1) is 0 Å². The maximum atomic E-state index is 12.4. The maximum absolute atomic E-state index is 12.4. The quantitative estimate of drug-likeness (QED) is 0.842. The number of ether oxygens (including phenoxy) is 1. The molecule has 1 aromatic carbocycles. The number of carbonyl (C=O) groups excluding carboxylic acids is 1. The van der Waals surface area contributed by atoms with Gasteiger partial charge in [-0.05, 0) is 31.0 Å². The van der Waals surface area contributed by atoms with Crippen molar-refractivity contribution in [3.8, 4) is 5.75 Å². The predicted molar refractivity (Wildman–Crippen MR) is 92.7 cm³/mol. The molecule has 0 bridgehead atoms. The lowest BCUT2D eigenvalue weighted by Crippen LogP contribution is -2.49. The smallest absolute Gasteiger partial charge is 0.281 e. The first kappa shape index (κ1) is 19.0. The summed E-state index contributed by atoms with van der Waals surface area (Å²) in [6.07, 6.45) is 1.11. The van der Waals surface area contributed by atoms with Gasteiger partial charge in [0, 0.05) is 38.2 Å². The number of hydrogen-bond acceptors (Lipinski definition) is 4. The van der Waals surface area contributed by atoms with E-state index in [1.807, 2.05) is 0 Å². The summed E-state index contributed by atoms with van der Waals surface area (Å²) in [6, 6.07) is 4.77. The first-order valence-electron chi connectivity index (χ1n) is 7.57. The van der Waals surface area contributed by atoms with Gasteiger partial charge in [0.1, 0.15) is 5.75 Å². The number of amides is 1. The number of hydrogen-bond donors (Lipinski definition) is 1. The molecule has 0 spiro atoms. The van der Waals surface area contributed by atoms with Crippen molar-refractivity contribution in [1.29, 1.82) is 0 Å². The fraction of sp³-hybridized carbons (Fsp3) is 0.533. The Labute approximate surface area is 147 Å². The van der Waals surface area contributed by atoms with E-state index in [4.69, 9.17) is 16.3 Å². The summed E-state index contributed by atoms with van der Waals surface area (Å²) in [7, 11) is 1.10. The summed E-state index contributed by atoms with van der Waals surface area (Å²) < 4.78 is 32.0. The van der Waals surface area contributed by atoms with Gasteiger partial charge in [0.15, 0.2) is 0 Å². The minimum atomic E-state index is -3.40. The summed E-state index contributed by atoms with van der Waals surface area (Å²) in [5.74, 6) is 0.174. The molecule has 1 heterocycles. The van der Waals surface area contributed by atoms with Gasteiger partial charge in [-0.3, -0.25) is 4.79 Å². The third-order valence-electron chi connectivity index (χ3n) is 3.98. The van der Waals surface area contributed by atoms with Crippen molar-refractivity contribution in [2.45, 2.75) is 18.9 Å². The number of rotatable bonds is 5. The van der Waals surface area contributed by atoms with Crippen molar-refractivity contribution in [2.75, 3.05) is 34.3 Å². The second-order valence-corrected chi connectivity index (χ2v) is 8.36. The fourth-order valence-electron chi connectivity index (χ4n) is 2.58. The molecule has 1 aliphatic heterocycles. The molecule has 1 fully saturated rings. The second-order valence-electron chi connectivity index (χ2n) is 5.78. The lowest BCUT2D eigenvalue weighted by molar-refractivity contribution is 0.0920. The Balaban J connectivity index is 1.99. The van der Waals surface area contributed by atoms with Gasteiger partial charge in [0.05, 0.1) is 12.7 Å². The predicted octanol–water partition coefficient (Wildman–Crippen LogP) is 1.35. The van der Waals surface area contributed by atoms with Gasteiger partial charge in [0.2, 0.25) is 0 Å². The van der Waals surface area contributed by atoms with Crippen LogP contribution in [0.15, 0.2) is 18.2 Å². The Morgan fingerprint density at radius 1 is 1.33 bits per heavy atom. The van der Waals surface area contributed by atoms with Crippen LogP contribution in [0.25, 0.3) is 0 Å². The summed E-state index contributed by atoms with van der Waals surface area (Å²) >= 11 is 5.95. The second kappa shape index (κ2) is 7.69. The third kappa shape index (κ3) is 4.18. The van der Waals surface area contributed by atoms with Crippen LogP contribution in [0.4, 0.5) is 0 Å². The number of nitrogens with one attached hydrogen (secondary N) is 1. The topological polar surface area (TPSA) is 79.0 Å². The summed E-state index contributed by atoms with van der Waals surface area (Å²) in [5.41, 5.74) is 0.369. The zero-order chi connectivity index (χ0) is 17.9. The zero-order valence-electron chi connectivity index (χ0n) is 14.0. The van der Waals surface area contributed by atoms with Gasteiger partial charge in [-0.25, -0.2) is 0 Å². The molecule has 0 aromatic heterocycles. The monoisotopic (exact) mass is 375 g/mol. The standard InChI is InChI=1S/C15H22ClN3O4S/c1-18(2)24(21,22)19-8-6-12(7-9-19)17-15(20)13-10-11(16)4-5-14(13)23-3/h4-5,10,12H,6-9H2,1-3H3,(H,17,20). The zero-order valence-corrected chi connectivity index (χ0v) is 15.5. The van der Waals surface area contributed by atoms with E-state index in [1.165, 1.54) is 29.8 Å². The van der Waals surface area contributed by atoms with E-state index < -0.39 is 10.2 Å². The highest BCUT2D eigenvalue weighted by molar-refractivity contribution is 7.86. The molecule has 0 atom stereocenters. The van der Waals surface area contributed by atoms with Crippen LogP contribution in [0.5, 0.6) is 5.75 Å². The fourth-order valence-corrected chi connectivity index (χ4v) is 3.89. The number of halogens is 1. The molecule has 7 nitrogen and oxygen atoms in total. The van der Waals surface area contributed by atoms with E-state index in [1.54, 1.807) is 18.2 Å². The molecule has 1 aromatic rings. The molecule has 24 heavy (non-hydrogen) atoms. The van der Waals surface area contributed by atoms with Crippen LogP contribution in [0.2, 0.25) is 5.02 Å². The van der Waals surface area contributed by atoms with Crippen molar-refractivity contribution in [3.05, 3.63) is 28.8 Å². The summed E-state index contributed by atoms with van der Waals surface area (Å²) in [4.78, 5) is 12.4. The van der Waals surface area contributed by atoms with Crippen molar-refractivity contribution in [1.82, 2.24) is 13.9 Å². The molecule has 1 amide bonds. The van der Waals surface area contributed by atoms with Gasteiger partial charge in [0.25, 0.3) is 16.1 Å². The number of benzene rings is 1. The molecule has 0 radical (unpaired) electrons. The van der Waals surface area contributed by atoms with E-state index in [0.717, 1.165) is 0 Å². The molecule has 0 aliphatic carbocycles. The van der Waals surface area contributed by atoms with Crippen molar-refractivity contribution in [2.24, 2.45) is 0 Å². The Hall–Kier alpha value is -1.35. The normalized spacial score (nSPS) is 17.0. The number of carbonyl (C=O) groups is 1. The first-order valence-corrected chi connectivity index (χ1v) is 9.35. The van der Waals surface area contributed by atoms with E-state index >= 15 is 0 Å². The lowest BCUT2D eigenvalue weighted by Gasteiger charge is -2.33.